The number of nitrogens with zero attached hydrogens (tertiary/aromatic N) is 1. The maximum atomic E-state index is 12.1. The smallest absolute Gasteiger partial charge is 0.408 e. The van der Waals surface area contributed by atoms with Gasteiger partial charge in [-0.05, 0) is 47.5 Å². The number of aliphatic imine (C=N–C) groups is 1. The Morgan fingerprint density at radius 1 is 1.04 bits per heavy atom. The van der Waals surface area contributed by atoms with Crippen molar-refractivity contribution >= 4 is 41.9 Å². The summed E-state index contributed by atoms with van der Waals surface area (Å²) in [5, 5.41) is 12.0. The third-order valence-corrected chi connectivity index (χ3v) is 4.15. The fourth-order valence-electron chi connectivity index (χ4n) is 2.84. The molecule has 1 aliphatic rings. The molecular formula is C19H38IN5O3. The normalized spacial score (nSPS) is 15.9. The quantitative estimate of drug-likeness (QED) is 0.249. The van der Waals surface area contributed by atoms with Crippen molar-refractivity contribution in [2.75, 3.05) is 20.1 Å². The molecule has 1 rings (SSSR count). The third kappa shape index (κ3) is 12.2. The summed E-state index contributed by atoms with van der Waals surface area (Å²) in [6.07, 6.45) is 5.27. The summed E-state index contributed by atoms with van der Waals surface area (Å²) in [5.74, 6) is 0.476. The average molecular weight is 511 g/mol. The molecule has 1 saturated carbocycles. The average Bonchev–Trinajstić information content (AvgIpc) is 2.53. The zero-order valence-electron chi connectivity index (χ0n) is 18.1. The first-order chi connectivity index (χ1) is 12.5. The zero-order chi connectivity index (χ0) is 20.5. The molecule has 0 aliphatic heterocycles. The fraction of sp³-hybridized carbons (Fsp3) is 0.842. The van der Waals surface area contributed by atoms with E-state index in [0.717, 1.165) is 12.8 Å². The Morgan fingerprint density at radius 2 is 1.64 bits per heavy atom. The molecule has 0 atom stereocenters. The number of hydrogen-bond donors (Lipinski definition) is 4. The van der Waals surface area contributed by atoms with Gasteiger partial charge in [-0.15, -0.1) is 24.0 Å². The molecule has 0 saturated heterocycles. The molecule has 28 heavy (non-hydrogen) atoms. The van der Waals surface area contributed by atoms with Gasteiger partial charge < -0.3 is 26.0 Å². The summed E-state index contributed by atoms with van der Waals surface area (Å²) in [7, 11) is 1.64. The molecule has 164 valence electrons. The van der Waals surface area contributed by atoms with Crippen molar-refractivity contribution in [2.45, 2.75) is 83.9 Å². The number of amides is 2. The van der Waals surface area contributed by atoms with Crippen molar-refractivity contribution in [3.05, 3.63) is 0 Å². The van der Waals surface area contributed by atoms with E-state index in [-0.39, 0.29) is 36.4 Å². The van der Waals surface area contributed by atoms with Crippen LogP contribution >= 0.6 is 24.0 Å². The van der Waals surface area contributed by atoms with E-state index in [1.807, 2.05) is 34.6 Å². The van der Waals surface area contributed by atoms with Gasteiger partial charge in [0, 0.05) is 19.6 Å². The highest BCUT2D eigenvalue weighted by molar-refractivity contribution is 14.0. The lowest BCUT2D eigenvalue weighted by Crippen LogP contribution is -2.55. The van der Waals surface area contributed by atoms with E-state index >= 15 is 0 Å². The van der Waals surface area contributed by atoms with Gasteiger partial charge in [0.1, 0.15) is 5.60 Å². The van der Waals surface area contributed by atoms with Crippen LogP contribution in [0.5, 0.6) is 0 Å². The minimum Gasteiger partial charge on any atom is -0.444 e. The molecule has 0 aromatic rings. The largest absolute Gasteiger partial charge is 0.444 e. The highest BCUT2D eigenvalue weighted by atomic mass is 127. The van der Waals surface area contributed by atoms with Gasteiger partial charge in [-0.3, -0.25) is 9.79 Å². The lowest BCUT2D eigenvalue weighted by Gasteiger charge is -2.29. The van der Waals surface area contributed by atoms with Crippen molar-refractivity contribution in [3.63, 3.8) is 0 Å². The van der Waals surface area contributed by atoms with E-state index in [0.29, 0.717) is 18.5 Å². The van der Waals surface area contributed by atoms with Crippen molar-refractivity contribution in [2.24, 2.45) is 4.99 Å². The molecule has 0 aromatic heterocycles. The lowest BCUT2D eigenvalue weighted by atomic mass is 9.95. The number of guanidine groups is 1. The van der Waals surface area contributed by atoms with Crippen LogP contribution in [-0.2, 0) is 9.53 Å². The summed E-state index contributed by atoms with van der Waals surface area (Å²) in [6, 6.07) is 0.292. The molecule has 1 fully saturated rings. The van der Waals surface area contributed by atoms with Crippen LogP contribution in [0.2, 0.25) is 0 Å². The Hall–Kier alpha value is -1.26. The molecule has 0 bridgehead atoms. The lowest BCUT2D eigenvalue weighted by molar-refractivity contribution is -0.120. The van der Waals surface area contributed by atoms with E-state index in [1.54, 1.807) is 7.05 Å². The topological polar surface area (TPSA) is 104 Å². The maximum Gasteiger partial charge on any atom is 0.408 e. The molecule has 0 radical (unpaired) electrons. The Balaban J connectivity index is 0.00000729. The van der Waals surface area contributed by atoms with Gasteiger partial charge in [-0.1, -0.05) is 19.3 Å². The molecule has 0 heterocycles. The molecule has 0 spiro atoms. The van der Waals surface area contributed by atoms with E-state index < -0.39 is 17.2 Å². The fourth-order valence-corrected chi connectivity index (χ4v) is 2.84. The summed E-state index contributed by atoms with van der Waals surface area (Å²) >= 11 is 0. The van der Waals surface area contributed by atoms with Crippen LogP contribution in [0.15, 0.2) is 4.99 Å². The van der Waals surface area contributed by atoms with Crippen molar-refractivity contribution in [1.29, 1.82) is 0 Å². The Bertz CT molecular complexity index is 526. The summed E-state index contributed by atoms with van der Waals surface area (Å²) < 4.78 is 5.28. The first-order valence-electron chi connectivity index (χ1n) is 9.76. The number of ether oxygens (including phenoxy) is 1. The van der Waals surface area contributed by atoms with E-state index in [4.69, 9.17) is 4.74 Å². The van der Waals surface area contributed by atoms with Crippen LogP contribution in [-0.4, -0.2) is 55.3 Å². The van der Waals surface area contributed by atoms with Crippen LogP contribution in [0.4, 0.5) is 4.79 Å². The highest BCUT2D eigenvalue weighted by Gasteiger charge is 2.25. The van der Waals surface area contributed by atoms with Gasteiger partial charge in [0.15, 0.2) is 5.96 Å². The second kappa shape index (κ2) is 12.3. The Kier molecular flexibility index (Phi) is 11.8. The number of carbonyl (C=O) groups excluding carboxylic acids is 2. The van der Waals surface area contributed by atoms with E-state index in [2.05, 4.69) is 26.3 Å². The second-order valence-electron chi connectivity index (χ2n) is 8.69. The first kappa shape index (κ1) is 26.7. The SMILES string of the molecule is CN=C(NCC(=O)NC1CCCCC1)NCC(C)(C)NC(=O)OC(C)(C)C.I. The minimum absolute atomic E-state index is 0. The predicted molar refractivity (Wildman–Crippen MR) is 123 cm³/mol. The first-order valence-corrected chi connectivity index (χ1v) is 9.76. The molecular weight excluding hydrogens is 473 g/mol. The van der Waals surface area contributed by atoms with E-state index in [9.17, 15) is 9.59 Å². The number of hydrogen-bond acceptors (Lipinski definition) is 4. The highest BCUT2D eigenvalue weighted by Crippen LogP contribution is 2.17. The summed E-state index contributed by atoms with van der Waals surface area (Å²) in [5.41, 5.74) is -1.10. The maximum absolute atomic E-state index is 12.1. The molecule has 0 aromatic carbocycles. The Morgan fingerprint density at radius 3 is 2.18 bits per heavy atom. The Labute approximate surface area is 186 Å². The van der Waals surface area contributed by atoms with Crippen molar-refractivity contribution < 1.29 is 14.3 Å². The van der Waals surface area contributed by atoms with Crippen LogP contribution in [0, 0.1) is 0 Å². The standard InChI is InChI=1S/C19H37N5O3.HI/c1-18(2,3)27-17(26)24-19(4,5)13-22-16(20-6)21-12-15(25)23-14-10-8-7-9-11-14;/h14H,7-13H2,1-6H3,(H,23,25)(H,24,26)(H2,20,21,22);1H. The van der Waals surface area contributed by atoms with Crippen molar-refractivity contribution in [3.8, 4) is 0 Å². The van der Waals surface area contributed by atoms with Crippen LogP contribution in [0.25, 0.3) is 0 Å². The van der Waals surface area contributed by atoms with Crippen LogP contribution in [0.3, 0.4) is 0 Å². The molecule has 9 heteroatoms. The van der Waals surface area contributed by atoms with E-state index in [1.165, 1.54) is 19.3 Å². The number of alkyl carbamates (subject to hydrolysis) is 1. The summed E-state index contributed by atoms with van der Waals surface area (Å²) in [6.45, 7) is 9.82. The van der Waals surface area contributed by atoms with Gasteiger partial charge >= 0.3 is 6.09 Å². The zero-order valence-corrected chi connectivity index (χ0v) is 20.4. The number of halogens is 1. The summed E-state index contributed by atoms with van der Waals surface area (Å²) in [4.78, 5) is 28.1. The molecule has 8 nitrogen and oxygen atoms in total. The third-order valence-electron chi connectivity index (χ3n) is 4.15. The molecule has 1 aliphatic carbocycles. The van der Waals surface area contributed by atoms with Gasteiger partial charge in [-0.25, -0.2) is 4.79 Å². The van der Waals surface area contributed by atoms with Crippen LogP contribution in [0.1, 0.15) is 66.7 Å². The van der Waals surface area contributed by atoms with Gasteiger partial charge in [-0.2, -0.15) is 0 Å². The van der Waals surface area contributed by atoms with Crippen LogP contribution < -0.4 is 21.3 Å². The monoisotopic (exact) mass is 511 g/mol. The predicted octanol–water partition coefficient (Wildman–Crippen LogP) is 2.52. The molecule has 4 N–H and O–H groups in total. The van der Waals surface area contributed by atoms with Crippen molar-refractivity contribution in [1.82, 2.24) is 21.3 Å². The van der Waals surface area contributed by atoms with Gasteiger partial charge in [0.05, 0.1) is 12.1 Å². The molecule has 2 amide bonds. The second-order valence-corrected chi connectivity index (χ2v) is 8.69. The number of carbonyl (C=O) groups is 2. The van der Waals surface area contributed by atoms with Gasteiger partial charge in [0.25, 0.3) is 0 Å². The minimum atomic E-state index is -0.551. The number of nitrogens with one attached hydrogen (secondary N) is 4. The van der Waals surface area contributed by atoms with Gasteiger partial charge in [0.2, 0.25) is 5.91 Å². The molecule has 0 unspecified atom stereocenters. The number of rotatable bonds is 6.